The number of hydrogen-bond acceptors (Lipinski definition) is 5. The zero-order chi connectivity index (χ0) is 14.5. The van der Waals surface area contributed by atoms with Crippen molar-refractivity contribution in [2.75, 3.05) is 41.0 Å². The molecule has 1 aliphatic rings. The summed E-state index contributed by atoms with van der Waals surface area (Å²) in [6, 6.07) is 4.33. The molecule has 1 saturated heterocycles. The first-order valence-corrected chi connectivity index (χ1v) is 6.92. The first-order valence-electron chi connectivity index (χ1n) is 6.92. The van der Waals surface area contributed by atoms with E-state index in [0.717, 1.165) is 49.0 Å². The smallest absolute Gasteiger partial charge is 0.130 e. The van der Waals surface area contributed by atoms with Gasteiger partial charge < -0.3 is 19.5 Å². The Morgan fingerprint density at radius 2 is 1.80 bits per heavy atom. The largest absolute Gasteiger partial charge is 0.496 e. The van der Waals surface area contributed by atoms with Crippen molar-refractivity contribution < 1.29 is 14.2 Å². The van der Waals surface area contributed by atoms with Crippen molar-refractivity contribution in [2.45, 2.75) is 19.5 Å². The number of rotatable bonds is 5. The summed E-state index contributed by atoms with van der Waals surface area (Å²) < 4.78 is 16.3. The van der Waals surface area contributed by atoms with E-state index in [9.17, 15) is 0 Å². The fourth-order valence-corrected chi connectivity index (χ4v) is 2.61. The van der Waals surface area contributed by atoms with E-state index in [-0.39, 0.29) is 0 Å². The van der Waals surface area contributed by atoms with E-state index < -0.39 is 0 Å². The van der Waals surface area contributed by atoms with E-state index in [1.165, 1.54) is 0 Å². The van der Waals surface area contributed by atoms with Crippen LogP contribution in [0.5, 0.6) is 17.2 Å². The van der Waals surface area contributed by atoms with E-state index in [2.05, 4.69) is 17.1 Å². The van der Waals surface area contributed by atoms with Crippen molar-refractivity contribution in [1.29, 1.82) is 0 Å². The Morgan fingerprint density at radius 1 is 1.15 bits per heavy atom. The number of ether oxygens (including phenoxy) is 3. The number of nitrogens with zero attached hydrogens (tertiary/aromatic N) is 1. The third-order valence-corrected chi connectivity index (χ3v) is 3.65. The van der Waals surface area contributed by atoms with Gasteiger partial charge in [-0.1, -0.05) is 0 Å². The van der Waals surface area contributed by atoms with Crippen molar-refractivity contribution in [2.24, 2.45) is 0 Å². The van der Waals surface area contributed by atoms with Crippen molar-refractivity contribution in [3.05, 3.63) is 17.7 Å². The highest BCUT2D eigenvalue weighted by Crippen LogP contribution is 2.35. The second-order valence-electron chi connectivity index (χ2n) is 5.10. The third-order valence-electron chi connectivity index (χ3n) is 3.65. The van der Waals surface area contributed by atoms with E-state index in [4.69, 9.17) is 14.2 Å². The highest BCUT2D eigenvalue weighted by molar-refractivity contribution is 5.50. The molecule has 112 valence electrons. The van der Waals surface area contributed by atoms with Gasteiger partial charge in [-0.3, -0.25) is 4.90 Å². The Bertz CT molecular complexity index is 426. The van der Waals surface area contributed by atoms with E-state index in [1.807, 2.05) is 12.1 Å². The van der Waals surface area contributed by atoms with Gasteiger partial charge in [0.25, 0.3) is 0 Å². The van der Waals surface area contributed by atoms with Crippen LogP contribution in [0.4, 0.5) is 0 Å². The zero-order valence-electron chi connectivity index (χ0n) is 12.7. The molecule has 0 bridgehead atoms. The number of benzene rings is 1. The molecular formula is C15H24N2O3. The molecule has 0 unspecified atom stereocenters. The van der Waals surface area contributed by atoms with Gasteiger partial charge in [0.05, 0.1) is 26.9 Å². The molecule has 0 spiro atoms. The van der Waals surface area contributed by atoms with Crippen LogP contribution in [0.15, 0.2) is 12.1 Å². The second-order valence-corrected chi connectivity index (χ2v) is 5.10. The van der Waals surface area contributed by atoms with Gasteiger partial charge in [-0.15, -0.1) is 0 Å². The van der Waals surface area contributed by atoms with Gasteiger partial charge in [-0.2, -0.15) is 0 Å². The van der Waals surface area contributed by atoms with E-state index >= 15 is 0 Å². The van der Waals surface area contributed by atoms with Crippen molar-refractivity contribution in [3.8, 4) is 17.2 Å². The van der Waals surface area contributed by atoms with Gasteiger partial charge in [0.15, 0.2) is 0 Å². The van der Waals surface area contributed by atoms with Gasteiger partial charge in [0, 0.05) is 44.4 Å². The Balaban J connectivity index is 2.24. The Kier molecular flexibility index (Phi) is 5.09. The molecule has 1 aromatic rings. The standard InChI is InChI=1S/C15H24N2O3/c1-11-9-17(6-5-16-11)10-13-14(19-3)7-12(18-2)8-15(13)20-4/h7-8,11,16H,5-6,9-10H2,1-4H3/t11-/m0/s1. The number of piperazine rings is 1. The summed E-state index contributed by atoms with van der Waals surface area (Å²) in [6.45, 7) is 6.10. The Labute approximate surface area is 120 Å². The highest BCUT2D eigenvalue weighted by Gasteiger charge is 2.20. The predicted molar refractivity (Wildman–Crippen MR) is 78.8 cm³/mol. The molecule has 0 aliphatic carbocycles. The van der Waals surface area contributed by atoms with Crippen LogP contribution in [0, 0.1) is 0 Å². The maximum absolute atomic E-state index is 5.50. The first kappa shape index (κ1) is 14.9. The maximum Gasteiger partial charge on any atom is 0.130 e. The fourth-order valence-electron chi connectivity index (χ4n) is 2.61. The summed E-state index contributed by atoms with van der Waals surface area (Å²) >= 11 is 0. The molecule has 0 radical (unpaired) electrons. The quantitative estimate of drug-likeness (QED) is 0.885. The molecule has 1 fully saturated rings. The van der Waals surface area contributed by atoms with Gasteiger partial charge in [-0.05, 0) is 6.92 Å². The SMILES string of the molecule is COc1cc(OC)c(CN2CCN[C@@H](C)C2)c(OC)c1. The normalized spacial score (nSPS) is 19.7. The number of hydrogen-bond donors (Lipinski definition) is 1. The minimum Gasteiger partial charge on any atom is -0.496 e. The summed E-state index contributed by atoms with van der Waals surface area (Å²) in [5.41, 5.74) is 1.07. The van der Waals surface area contributed by atoms with Crippen LogP contribution in [0.2, 0.25) is 0 Å². The average molecular weight is 280 g/mol. The molecule has 2 rings (SSSR count). The maximum atomic E-state index is 5.50. The Morgan fingerprint density at radius 3 is 2.30 bits per heavy atom. The molecule has 5 nitrogen and oxygen atoms in total. The van der Waals surface area contributed by atoms with E-state index in [1.54, 1.807) is 21.3 Å². The summed E-state index contributed by atoms with van der Waals surface area (Å²) in [6.07, 6.45) is 0. The lowest BCUT2D eigenvalue weighted by Gasteiger charge is -2.32. The molecule has 1 aromatic carbocycles. The molecule has 20 heavy (non-hydrogen) atoms. The van der Waals surface area contributed by atoms with Crippen LogP contribution in [0.3, 0.4) is 0 Å². The van der Waals surface area contributed by atoms with Crippen LogP contribution in [-0.2, 0) is 6.54 Å². The zero-order valence-corrected chi connectivity index (χ0v) is 12.7. The van der Waals surface area contributed by atoms with Crippen LogP contribution >= 0.6 is 0 Å². The Hall–Kier alpha value is -1.46. The lowest BCUT2D eigenvalue weighted by atomic mass is 10.1. The summed E-state index contributed by atoms with van der Waals surface area (Å²) in [5.74, 6) is 2.37. The number of methoxy groups -OCH3 is 3. The molecule has 1 aliphatic heterocycles. The van der Waals surface area contributed by atoms with Crippen LogP contribution in [0.1, 0.15) is 12.5 Å². The fraction of sp³-hybridized carbons (Fsp3) is 0.600. The van der Waals surface area contributed by atoms with Gasteiger partial charge >= 0.3 is 0 Å². The summed E-state index contributed by atoms with van der Waals surface area (Å²) in [4.78, 5) is 2.41. The van der Waals surface area contributed by atoms with Crippen LogP contribution < -0.4 is 19.5 Å². The highest BCUT2D eigenvalue weighted by atomic mass is 16.5. The molecular weight excluding hydrogens is 256 g/mol. The molecule has 5 heteroatoms. The molecule has 1 heterocycles. The molecule has 0 amide bonds. The summed E-state index contributed by atoms with van der Waals surface area (Å²) in [7, 11) is 5.00. The van der Waals surface area contributed by atoms with E-state index in [0.29, 0.717) is 6.04 Å². The molecule has 0 aromatic heterocycles. The first-order chi connectivity index (χ1) is 9.67. The van der Waals surface area contributed by atoms with Crippen LogP contribution in [-0.4, -0.2) is 51.9 Å². The average Bonchev–Trinajstić information content (AvgIpc) is 2.47. The minimum atomic E-state index is 0.513. The third kappa shape index (κ3) is 3.35. The topological polar surface area (TPSA) is 43.0 Å². The van der Waals surface area contributed by atoms with Crippen LogP contribution in [0.25, 0.3) is 0 Å². The minimum absolute atomic E-state index is 0.513. The molecule has 1 N–H and O–H groups in total. The second kappa shape index (κ2) is 6.81. The lowest BCUT2D eigenvalue weighted by Crippen LogP contribution is -2.48. The molecule has 0 saturated carbocycles. The lowest BCUT2D eigenvalue weighted by molar-refractivity contribution is 0.195. The monoisotopic (exact) mass is 280 g/mol. The predicted octanol–water partition coefficient (Wildman–Crippen LogP) is 1.51. The van der Waals surface area contributed by atoms with Gasteiger partial charge in [0.2, 0.25) is 0 Å². The van der Waals surface area contributed by atoms with Crippen molar-refractivity contribution in [3.63, 3.8) is 0 Å². The number of nitrogens with one attached hydrogen (secondary N) is 1. The molecule has 1 atom stereocenters. The van der Waals surface area contributed by atoms with Gasteiger partial charge in [0.1, 0.15) is 17.2 Å². The van der Waals surface area contributed by atoms with Gasteiger partial charge in [-0.25, -0.2) is 0 Å². The van der Waals surface area contributed by atoms with Crippen molar-refractivity contribution >= 4 is 0 Å². The summed E-state index contributed by atoms with van der Waals surface area (Å²) in [5, 5.41) is 3.45. The van der Waals surface area contributed by atoms with Crippen molar-refractivity contribution in [1.82, 2.24) is 10.2 Å².